The van der Waals surface area contributed by atoms with Crippen molar-refractivity contribution in [2.75, 3.05) is 40.4 Å². The number of carbonyl (C=O) groups excluding carboxylic acids is 1. The molecule has 210 valence electrons. The van der Waals surface area contributed by atoms with E-state index >= 15 is 0 Å². The molecule has 0 radical (unpaired) electrons. The number of piperidine rings is 1. The van der Waals surface area contributed by atoms with Crippen molar-refractivity contribution in [1.29, 1.82) is 0 Å². The van der Waals surface area contributed by atoms with Gasteiger partial charge in [-0.3, -0.25) is 0 Å². The first-order valence-electron chi connectivity index (χ1n) is 14.5. The molecule has 1 saturated carbocycles. The maximum absolute atomic E-state index is 13.3. The van der Waals surface area contributed by atoms with Crippen LogP contribution in [0, 0.1) is 11.8 Å². The summed E-state index contributed by atoms with van der Waals surface area (Å²) in [4.78, 5) is 15.2. The fourth-order valence-electron chi connectivity index (χ4n) is 6.14. The highest BCUT2D eigenvalue weighted by Gasteiger charge is 2.43. The van der Waals surface area contributed by atoms with Crippen LogP contribution in [0.5, 0.6) is 5.75 Å². The minimum absolute atomic E-state index is 0.0252. The number of likely N-dealkylation sites (N-methyl/N-ethyl adjacent to an activating group) is 1. The predicted octanol–water partition coefficient (Wildman–Crippen LogP) is 5.07. The number of hydrogen-bond donors (Lipinski definition) is 3. The number of para-hydroxylation sites is 1. The van der Waals surface area contributed by atoms with Gasteiger partial charge in [-0.15, -0.1) is 0 Å². The highest BCUT2D eigenvalue weighted by atomic mass is 16.5. The van der Waals surface area contributed by atoms with Gasteiger partial charge >= 0.3 is 6.03 Å². The SMILES string of the molecule is CNCC(CC(C)C)NC(=O)N1CCCC(C(O)(CCCCOC)c2ccccc2OC2CCCC2)C1. The zero-order chi connectivity index (χ0) is 26.7. The van der Waals surface area contributed by atoms with Crippen molar-refractivity contribution in [3.8, 4) is 5.75 Å². The smallest absolute Gasteiger partial charge is 0.317 e. The lowest BCUT2D eigenvalue weighted by Crippen LogP contribution is -2.54. The first kappa shape index (κ1) is 29.7. The Hall–Kier alpha value is -1.83. The van der Waals surface area contributed by atoms with Gasteiger partial charge in [-0.25, -0.2) is 4.79 Å². The molecular weight excluding hydrogens is 466 g/mol. The van der Waals surface area contributed by atoms with E-state index in [-0.39, 0.29) is 24.1 Å². The Morgan fingerprint density at radius 1 is 1.16 bits per heavy atom. The third kappa shape index (κ3) is 8.59. The molecular formula is C30H51N3O4. The Morgan fingerprint density at radius 3 is 2.62 bits per heavy atom. The maximum atomic E-state index is 13.3. The van der Waals surface area contributed by atoms with E-state index in [9.17, 15) is 9.90 Å². The van der Waals surface area contributed by atoms with Crippen molar-refractivity contribution in [3.63, 3.8) is 0 Å². The molecule has 3 unspecified atom stereocenters. The van der Waals surface area contributed by atoms with E-state index in [2.05, 4.69) is 24.5 Å². The molecule has 0 aromatic heterocycles. The third-order valence-electron chi connectivity index (χ3n) is 8.02. The summed E-state index contributed by atoms with van der Waals surface area (Å²) in [6, 6.07) is 8.10. The van der Waals surface area contributed by atoms with E-state index in [0.717, 1.165) is 69.3 Å². The summed E-state index contributed by atoms with van der Waals surface area (Å²) in [5.41, 5.74) is -0.191. The van der Waals surface area contributed by atoms with E-state index in [1.165, 1.54) is 12.8 Å². The van der Waals surface area contributed by atoms with Crippen LogP contribution in [0.25, 0.3) is 0 Å². The van der Waals surface area contributed by atoms with Gasteiger partial charge in [0, 0.05) is 50.9 Å². The number of benzene rings is 1. The molecule has 1 aliphatic heterocycles. The van der Waals surface area contributed by atoms with E-state index < -0.39 is 5.60 Å². The summed E-state index contributed by atoms with van der Waals surface area (Å²) in [5.74, 6) is 1.24. The quantitative estimate of drug-likeness (QED) is 0.300. The van der Waals surface area contributed by atoms with Crippen LogP contribution in [0.2, 0.25) is 0 Å². The fourth-order valence-corrected chi connectivity index (χ4v) is 6.14. The minimum atomic E-state index is -1.07. The number of rotatable bonds is 14. The lowest BCUT2D eigenvalue weighted by molar-refractivity contribution is -0.0585. The number of carbonyl (C=O) groups is 1. The summed E-state index contributed by atoms with van der Waals surface area (Å²) in [6.07, 6.45) is 9.82. The van der Waals surface area contributed by atoms with Gasteiger partial charge in [0.1, 0.15) is 5.75 Å². The van der Waals surface area contributed by atoms with Crippen LogP contribution < -0.4 is 15.4 Å². The highest BCUT2D eigenvalue weighted by Crippen LogP contribution is 2.44. The Balaban J connectivity index is 1.80. The molecule has 7 nitrogen and oxygen atoms in total. The monoisotopic (exact) mass is 517 g/mol. The predicted molar refractivity (Wildman–Crippen MR) is 149 cm³/mol. The van der Waals surface area contributed by atoms with Crippen LogP contribution in [-0.2, 0) is 10.3 Å². The Bertz CT molecular complexity index is 814. The van der Waals surface area contributed by atoms with Crippen LogP contribution in [0.1, 0.15) is 83.6 Å². The summed E-state index contributed by atoms with van der Waals surface area (Å²) in [7, 11) is 3.64. The fraction of sp³-hybridized carbons (Fsp3) is 0.767. The zero-order valence-electron chi connectivity index (χ0n) is 23.6. The number of unbranched alkanes of at least 4 members (excludes halogenated alkanes) is 1. The van der Waals surface area contributed by atoms with Gasteiger partial charge < -0.3 is 30.1 Å². The molecule has 1 aliphatic carbocycles. The van der Waals surface area contributed by atoms with Crippen molar-refractivity contribution >= 4 is 6.03 Å². The van der Waals surface area contributed by atoms with Crippen molar-refractivity contribution in [2.24, 2.45) is 11.8 Å². The molecule has 0 bridgehead atoms. The standard InChI is InChI=1S/C30H51N3O4/c1-23(2)20-25(21-31-3)32-29(34)33-18-11-12-24(22-33)30(35,17-9-10-19-36-4)27-15-7-8-16-28(27)37-26-13-5-6-14-26/h7-8,15-16,23-26,31,35H,5-6,9-14,17-22H2,1-4H3,(H,32,34). The molecule has 7 heteroatoms. The molecule has 0 spiro atoms. The number of hydrogen-bond acceptors (Lipinski definition) is 5. The van der Waals surface area contributed by atoms with Crippen molar-refractivity contribution in [2.45, 2.75) is 95.8 Å². The van der Waals surface area contributed by atoms with E-state index in [0.29, 0.717) is 25.5 Å². The molecule has 3 atom stereocenters. The number of amides is 2. The number of likely N-dealkylation sites (tertiary alicyclic amines) is 1. The molecule has 2 amide bonds. The lowest BCUT2D eigenvalue weighted by atomic mass is 9.73. The average molecular weight is 518 g/mol. The van der Waals surface area contributed by atoms with Crippen molar-refractivity contribution in [3.05, 3.63) is 29.8 Å². The molecule has 1 heterocycles. The molecule has 2 aliphatic rings. The number of aliphatic hydroxyl groups is 1. The number of methoxy groups -OCH3 is 1. The Kier molecular flexibility index (Phi) is 12.0. The largest absolute Gasteiger partial charge is 0.490 e. The zero-order valence-corrected chi connectivity index (χ0v) is 23.6. The first-order valence-corrected chi connectivity index (χ1v) is 14.5. The average Bonchev–Trinajstić information content (AvgIpc) is 3.40. The van der Waals surface area contributed by atoms with Gasteiger partial charge in [0.2, 0.25) is 0 Å². The molecule has 3 rings (SSSR count). The van der Waals surface area contributed by atoms with E-state index in [4.69, 9.17) is 9.47 Å². The number of ether oxygens (including phenoxy) is 2. The molecule has 2 fully saturated rings. The van der Waals surface area contributed by atoms with Gasteiger partial charge in [-0.2, -0.15) is 0 Å². The number of nitrogens with one attached hydrogen (secondary N) is 2. The second-order valence-corrected chi connectivity index (χ2v) is 11.5. The topological polar surface area (TPSA) is 83.1 Å². The van der Waals surface area contributed by atoms with Gasteiger partial charge in [0.25, 0.3) is 0 Å². The molecule has 3 N–H and O–H groups in total. The highest BCUT2D eigenvalue weighted by molar-refractivity contribution is 5.74. The Labute approximate surface area is 224 Å². The van der Waals surface area contributed by atoms with Crippen LogP contribution >= 0.6 is 0 Å². The van der Waals surface area contributed by atoms with Crippen LogP contribution in [0.4, 0.5) is 4.79 Å². The molecule has 1 saturated heterocycles. The van der Waals surface area contributed by atoms with Crippen LogP contribution in [-0.4, -0.2) is 68.6 Å². The van der Waals surface area contributed by atoms with Crippen molar-refractivity contribution < 1.29 is 19.4 Å². The third-order valence-corrected chi connectivity index (χ3v) is 8.02. The second-order valence-electron chi connectivity index (χ2n) is 11.5. The second kappa shape index (κ2) is 14.9. The number of nitrogens with zero attached hydrogens (tertiary/aromatic N) is 1. The Morgan fingerprint density at radius 2 is 1.92 bits per heavy atom. The van der Waals surface area contributed by atoms with Gasteiger partial charge in [0.15, 0.2) is 0 Å². The molecule has 37 heavy (non-hydrogen) atoms. The molecule has 1 aromatic carbocycles. The van der Waals surface area contributed by atoms with Gasteiger partial charge in [-0.1, -0.05) is 32.0 Å². The maximum Gasteiger partial charge on any atom is 0.317 e. The lowest BCUT2D eigenvalue weighted by Gasteiger charge is -2.43. The van der Waals surface area contributed by atoms with Crippen LogP contribution in [0.3, 0.4) is 0 Å². The van der Waals surface area contributed by atoms with E-state index in [1.807, 2.05) is 36.2 Å². The normalized spacial score (nSPS) is 21.1. The van der Waals surface area contributed by atoms with Crippen molar-refractivity contribution in [1.82, 2.24) is 15.5 Å². The summed E-state index contributed by atoms with van der Waals surface area (Å²) >= 11 is 0. The van der Waals surface area contributed by atoms with Crippen LogP contribution in [0.15, 0.2) is 24.3 Å². The number of urea groups is 1. The molecule has 1 aromatic rings. The van der Waals surface area contributed by atoms with Gasteiger partial charge in [0.05, 0.1) is 11.7 Å². The minimum Gasteiger partial charge on any atom is -0.490 e. The summed E-state index contributed by atoms with van der Waals surface area (Å²) in [5, 5.41) is 18.9. The summed E-state index contributed by atoms with van der Waals surface area (Å²) in [6.45, 7) is 7.05. The van der Waals surface area contributed by atoms with E-state index in [1.54, 1.807) is 7.11 Å². The van der Waals surface area contributed by atoms with Gasteiger partial charge in [-0.05, 0) is 83.2 Å². The summed E-state index contributed by atoms with van der Waals surface area (Å²) < 4.78 is 11.8. The first-order chi connectivity index (χ1) is 17.9.